The highest BCUT2D eigenvalue weighted by molar-refractivity contribution is 7.99. The van der Waals surface area contributed by atoms with Crippen molar-refractivity contribution >= 4 is 23.5 Å². The summed E-state index contributed by atoms with van der Waals surface area (Å²) < 4.78 is 1.52. The lowest BCUT2D eigenvalue weighted by Crippen LogP contribution is -2.32. The molecule has 0 aromatic carbocycles. The zero-order valence-electron chi connectivity index (χ0n) is 8.93. The summed E-state index contributed by atoms with van der Waals surface area (Å²) in [6, 6.07) is 1.66. The number of anilines is 1. The molecule has 1 atom stereocenters. The van der Waals surface area contributed by atoms with Crippen LogP contribution in [0.4, 0.5) is 5.82 Å². The van der Waals surface area contributed by atoms with E-state index < -0.39 is 0 Å². The second-order valence-corrected chi connectivity index (χ2v) is 4.56. The van der Waals surface area contributed by atoms with E-state index in [-0.39, 0.29) is 12.5 Å². The van der Waals surface area contributed by atoms with Crippen molar-refractivity contribution in [3.8, 4) is 0 Å². The Morgan fingerprint density at radius 2 is 2.53 bits per heavy atom. The van der Waals surface area contributed by atoms with Gasteiger partial charge < -0.3 is 11.1 Å². The Labute approximate surface area is 93.4 Å². The van der Waals surface area contributed by atoms with E-state index in [0.717, 1.165) is 0 Å². The first-order valence-electron chi connectivity index (χ1n) is 4.70. The highest BCUT2D eigenvalue weighted by Gasteiger charge is 2.05. The summed E-state index contributed by atoms with van der Waals surface area (Å²) in [6.45, 7) is 2.96. The molecule has 15 heavy (non-hydrogen) atoms. The average Bonchev–Trinajstić information content (AvgIpc) is 2.60. The number of rotatable bonds is 5. The van der Waals surface area contributed by atoms with Crippen LogP contribution in [0, 0.1) is 0 Å². The Morgan fingerprint density at radius 3 is 3.07 bits per heavy atom. The van der Waals surface area contributed by atoms with Crippen molar-refractivity contribution in [2.45, 2.75) is 18.7 Å². The molecule has 5 nitrogen and oxygen atoms in total. The zero-order valence-corrected chi connectivity index (χ0v) is 9.75. The van der Waals surface area contributed by atoms with Crippen LogP contribution >= 0.6 is 11.8 Å². The van der Waals surface area contributed by atoms with Crippen LogP contribution in [0.3, 0.4) is 0 Å². The Hall–Kier alpha value is -1.17. The van der Waals surface area contributed by atoms with Gasteiger partial charge in [-0.05, 0) is 12.3 Å². The minimum atomic E-state index is -0.0426. The number of carbonyl (C=O) groups excluding carboxylic acids is 1. The summed E-state index contributed by atoms with van der Waals surface area (Å²) in [6.07, 6.45) is 3.71. The molecule has 0 aliphatic carbocycles. The minimum Gasteiger partial charge on any atom is -0.382 e. The van der Waals surface area contributed by atoms with Crippen molar-refractivity contribution in [2.75, 3.05) is 18.5 Å². The van der Waals surface area contributed by atoms with Crippen LogP contribution < -0.4 is 11.1 Å². The van der Waals surface area contributed by atoms with Crippen LogP contribution in [0.2, 0.25) is 0 Å². The topological polar surface area (TPSA) is 72.9 Å². The Morgan fingerprint density at radius 1 is 1.80 bits per heavy atom. The molecular weight excluding hydrogens is 212 g/mol. The monoisotopic (exact) mass is 228 g/mol. The average molecular weight is 228 g/mol. The quantitative estimate of drug-likeness (QED) is 0.762. The third-order valence-corrected chi connectivity index (χ3v) is 2.93. The number of nitrogens with one attached hydrogen (secondary N) is 1. The van der Waals surface area contributed by atoms with Gasteiger partial charge in [0.1, 0.15) is 12.4 Å². The van der Waals surface area contributed by atoms with Gasteiger partial charge in [0.05, 0.1) is 0 Å². The molecular formula is C9H16N4OS. The molecule has 0 saturated carbocycles. The van der Waals surface area contributed by atoms with Gasteiger partial charge in [-0.1, -0.05) is 6.92 Å². The second-order valence-electron chi connectivity index (χ2n) is 3.29. The highest BCUT2D eigenvalue weighted by Crippen LogP contribution is 2.02. The smallest absolute Gasteiger partial charge is 0.241 e. The normalized spacial score (nSPS) is 12.4. The Kier molecular flexibility index (Phi) is 4.48. The SMILES string of the molecule is CSC(C)CNC(=O)Cn1ccc(N)n1. The third kappa shape index (κ3) is 4.24. The van der Waals surface area contributed by atoms with Crippen LogP contribution in [0.15, 0.2) is 12.3 Å². The van der Waals surface area contributed by atoms with Crippen LogP contribution in [0.5, 0.6) is 0 Å². The third-order valence-electron chi connectivity index (χ3n) is 1.96. The van der Waals surface area contributed by atoms with Crippen molar-refractivity contribution in [3.63, 3.8) is 0 Å². The predicted molar refractivity (Wildman–Crippen MR) is 62.6 cm³/mol. The molecule has 0 saturated heterocycles. The van der Waals surface area contributed by atoms with E-state index in [0.29, 0.717) is 17.6 Å². The Bertz CT molecular complexity index is 326. The van der Waals surface area contributed by atoms with E-state index in [1.165, 1.54) is 4.68 Å². The lowest BCUT2D eigenvalue weighted by Gasteiger charge is -2.09. The van der Waals surface area contributed by atoms with Gasteiger partial charge >= 0.3 is 0 Å². The fourth-order valence-corrected chi connectivity index (χ4v) is 1.26. The molecule has 0 radical (unpaired) electrons. The number of nitrogen functional groups attached to an aromatic ring is 1. The van der Waals surface area contributed by atoms with E-state index in [1.807, 2.05) is 6.26 Å². The van der Waals surface area contributed by atoms with Crippen molar-refractivity contribution in [2.24, 2.45) is 0 Å². The predicted octanol–water partition coefficient (Wildman–Crippen LogP) is 0.333. The van der Waals surface area contributed by atoms with Crippen LogP contribution in [0.1, 0.15) is 6.92 Å². The fraction of sp³-hybridized carbons (Fsp3) is 0.556. The Balaban J connectivity index is 2.30. The molecule has 1 amide bonds. The van der Waals surface area contributed by atoms with Gasteiger partial charge in [0.25, 0.3) is 0 Å². The van der Waals surface area contributed by atoms with Crippen LogP contribution in [-0.4, -0.2) is 33.7 Å². The lowest BCUT2D eigenvalue weighted by molar-refractivity contribution is -0.121. The standard InChI is InChI=1S/C9H16N4OS/c1-7(15-2)5-11-9(14)6-13-4-3-8(10)12-13/h3-4,7H,5-6H2,1-2H3,(H2,10,12)(H,11,14). The van der Waals surface area contributed by atoms with Gasteiger partial charge in [-0.25, -0.2) is 0 Å². The summed E-state index contributed by atoms with van der Waals surface area (Å²) in [5, 5.41) is 7.18. The van der Waals surface area contributed by atoms with Crippen LogP contribution in [-0.2, 0) is 11.3 Å². The number of carbonyl (C=O) groups is 1. The molecule has 1 unspecified atom stereocenters. The van der Waals surface area contributed by atoms with E-state index in [2.05, 4.69) is 17.3 Å². The van der Waals surface area contributed by atoms with Gasteiger partial charge in [-0.2, -0.15) is 16.9 Å². The maximum Gasteiger partial charge on any atom is 0.241 e. The molecule has 3 N–H and O–H groups in total. The van der Waals surface area contributed by atoms with Gasteiger partial charge in [-0.15, -0.1) is 0 Å². The summed E-state index contributed by atoms with van der Waals surface area (Å²) in [7, 11) is 0. The molecule has 1 aromatic rings. The first-order valence-corrected chi connectivity index (χ1v) is 5.99. The molecule has 84 valence electrons. The number of thioether (sulfide) groups is 1. The summed E-state index contributed by atoms with van der Waals surface area (Å²) in [5.74, 6) is 0.388. The number of nitrogens with zero attached hydrogens (tertiary/aromatic N) is 2. The molecule has 0 aliphatic heterocycles. The summed E-state index contributed by atoms with van der Waals surface area (Å²) in [4.78, 5) is 11.4. The fourth-order valence-electron chi connectivity index (χ4n) is 1.01. The zero-order chi connectivity index (χ0) is 11.3. The van der Waals surface area contributed by atoms with Crippen molar-refractivity contribution in [1.82, 2.24) is 15.1 Å². The molecule has 1 heterocycles. The van der Waals surface area contributed by atoms with E-state index >= 15 is 0 Å². The molecule has 0 fully saturated rings. The van der Waals surface area contributed by atoms with E-state index in [1.54, 1.807) is 24.0 Å². The van der Waals surface area contributed by atoms with Crippen molar-refractivity contribution < 1.29 is 4.79 Å². The molecule has 0 bridgehead atoms. The molecule has 6 heteroatoms. The molecule has 1 aromatic heterocycles. The maximum atomic E-state index is 11.4. The van der Waals surface area contributed by atoms with Gasteiger partial charge in [0.2, 0.25) is 5.91 Å². The highest BCUT2D eigenvalue weighted by atomic mass is 32.2. The minimum absolute atomic E-state index is 0.0426. The second kappa shape index (κ2) is 5.65. The van der Waals surface area contributed by atoms with E-state index in [9.17, 15) is 4.79 Å². The van der Waals surface area contributed by atoms with Crippen molar-refractivity contribution in [1.29, 1.82) is 0 Å². The number of hydrogen-bond donors (Lipinski definition) is 2. The van der Waals surface area contributed by atoms with E-state index in [4.69, 9.17) is 5.73 Å². The molecule has 0 spiro atoms. The number of amides is 1. The number of aromatic nitrogens is 2. The summed E-state index contributed by atoms with van der Waals surface area (Å²) >= 11 is 1.72. The maximum absolute atomic E-state index is 11.4. The van der Waals surface area contributed by atoms with Crippen LogP contribution in [0.25, 0.3) is 0 Å². The largest absolute Gasteiger partial charge is 0.382 e. The lowest BCUT2D eigenvalue weighted by atomic mass is 10.4. The summed E-state index contributed by atoms with van der Waals surface area (Å²) in [5.41, 5.74) is 5.43. The van der Waals surface area contributed by atoms with Crippen molar-refractivity contribution in [3.05, 3.63) is 12.3 Å². The van der Waals surface area contributed by atoms with Gasteiger partial charge in [-0.3, -0.25) is 9.48 Å². The number of nitrogens with two attached hydrogens (primary N) is 1. The first-order chi connectivity index (χ1) is 7.11. The van der Waals surface area contributed by atoms with Gasteiger partial charge in [0, 0.05) is 18.0 Å². The number of hydrogen-bond acceptors (Lipinski definition) is 4. The molecule has 1 rings (SSSR count). The van der Waals surface area contributed by atoms with Gasteiger partial charge in [0.15, 0.2) is 0 Å². The molecule has 0 aliphatic rings. The first kappa shape index (κ1) is 11.9.